The van der Waals surface area contributed by atoms with Crippen LogP contribution in [-0.4, -0.2) is 31.1 Å². The fourth-order valence-electron chi connectivity index (χ4n) is 3.71. The van der Waals surface area contributed by atoms with E-state index < -0.39 is 18.1 Å². The Morgan fingerprint density at radius 3 is 2.43 bits per heavy atom. The van der Waals surface area contributed by atoms with Crippen molar-refractivity contribution in [2.75, 3.05) is 7.11 Å². The van der Waals surface area contributed by atoms with E-state index in [9.17, 15) is 9.59 Å². The SMILES string of the molecule is CC.COC(=O)C(Cc1ccc(Cl)cc1)NC(=O)C1Cc2ccccc2C(C)(C)N1. The minimum absolute atomic E-state index is 0.216. The highest BCUT2D eigenvalue weighted by Gasteiger charge is 2.36. The summed E-state index contributed by atoms with van der Waals surface area (Å²) in [5.74, 6) is -0.689. The van der Waals surface area contributed by atoms with Crippen molar-refractivity contribution in [3.63, 3.8) is 0 Å². The molecule has 0 bridgehead atoms. The van der Waals surface area contributed by atoms with Gasteiger partial charge in [-0.2, -0.15) is 0 Å². The number of nitrogens with one attached hydrogen (secondary N) is 2. The molecule has 2 unspecified atom stereocenters. The normalized spacial score (nSPS) is 17.6. The molecular formula is C24H31ClN2O3. The van der Waals surface area contributed by atoms with Crippen LogP contribution in [0.1, 0.15) is 44.4 Å². The van der Waals surface area contributed by atoms with E-state index in [0.717, 1.165) is 11.1 Å². The van der Waals surface area contributed by atoms with E-state index >= 15 is 0 Å². The van der Waals surface area contributed by atoms with Crippen LogP contribution in [-0.2, 0) is 32.7 Å². The molecule has 0 saturated heterocycles. The molecule has 1 aliphatic heterocycles. The molecule has 30 heavy (non-hydrogen) atoms. The molecule has 1 aliphatic rings. The van der Waals surface area contributed by atoms with Gasteiger partial charge in [0.25, 0.3) is 0 Å². The summed E-state index contributed by atoms with van der Waals surface area (Å²) in [6.45, 7) is 8.10. The average molecular weight is 431 g/mol. The van der Waals surface area contributed by atoms with E-state index in [1.807, 2.05) is 44.2 Å². The van der Waals surface area contributed by atoms with Crippen LogP contribution < -0.4 is 10.6 Å². The van der Waals surface area contributed by atoms with Crippen LogP contribution in [0.4, 0.5) is 0 Å². The lowest BCUT2D eigenvalue weighted by Gasteiger charge is -2.38. The molecule has 0 aliphatic carbocycles. The first-order valence-corrected chi connectivity index (χ1v) is 10.7. The number of halogens is 1. The van der Waals surface area contributed by atoms with Gasteiger partial charge in [-0.15, -0.1) is 0 Å². The van der Waals surface area contributed by atoms with Crippen LogP contribution in [0.25, 0.3) is 0 Å². The van der Waals surface area contributed by atoms with Crippen LogP contribution in [0.3, 0.4) is 0 Å². The maximum atomic E-state index is 13.0. The third-order valence-electron chi connectivity index (χ3n) is 5.12. The third kappa shape index (κ3) is 5.83. The van der Waals surface area contributed by atoms with Crippen molar-refractivity contribution in [3.05, 3.63) is 70.2 Å². The lowest BCUT2D eigenvalue weighted by Crippen LogP contribution is -2.58. The number of hydrogen-bond acceptors (Lipinski definition) is 4. The first kappa shape index (κ1) is 23.9. The maximum Gasteiger partial charge on any atom is 0.328 e. The van der Waals surface area contributed by atoms with Gasteiger partial charge < -0.3 is 10.1 Å². The first-order valence-electron chi connectivity index (χ1n) is 10.3. The minimum Gasteiger partial charge on any atom is -0.467 e. The van der Waals surface area contributed by atoms with Crippen LogP contribution in [0.5, 0.6) is 0 Å². The summed E-state index contributed by atoms with van der Waals surface area (Å²) in [6.07, 6.45) is 0.905. The third-order valence-corrected chi connectivity index (χ3v) is 5.37. The van der Waals surface area contributed by atoms with Gasteiger partial charge in [0.05, 0.1) is 13.2 Å². The van der Waals surface area contributed by atoms with E-state index in [4.69, 9.17) is 16.3 Å². The zero-order valence-corrected chi connectivity index (χ0v) is 19.0. The van der Waals surface area contributed by atoms with Crippen molar-refractivity contribution in [3.8, 4) is 0 Å². The summed E-state index contributed by atoms with van der Waals surface area (Å²) in [4.78, 5) is 25.2. The highest BCUT2D eigenvalue weighted by molar-refractivity contribution is 6.30. The summed E-state index contributed by atoms with van der Waals surface area (Å²) >= 11 is 5.92. The zero-order chi connectivity index (χ0) is 22.3. The maximum absolute atomic E-state index is 13.0. The summed E-state index contributed by atoms with van der Waals surface area (Å²) in [5.41, 5.74) is 2.87. The Balaban J connectivity index is 0.00000155. The Hall–Kier alpha value is -2.37. The number of carbonyl (C=O) groups excluding carboxylic acids is 2. The second-order valence-electron chi connectivity index (χ2n) is 7.60. The molecule has 0 radical (unpaired) electrons. The van der Waals surface area contributed by atoms with Gasteiger partial charge in [0.15, 0.2) is 0 Å². The van der Waals surface area contributed by atoms with E-state index in [2.05, 4.69) is 30.5 Å². The summed E-state index contributed by atoms with van der Waals surface area (Å²) in [7, 11) is 1.32. The Labute approximate surface area is 184 Å². The molecule has 0 saturated carbocycles. The van der Waals surface area contributed by atoms with E-state index in [1.165, 1.54) is 12.7 Å². The van der Waals surface area contributed by atoms with Crippen molar-refractivity contribution >= 4 is 23.5 Å². The van der Waals surface area contributed by atoms with Crippen LogP contribution >= 0.6 is 11.6 Å². The lowest BCUT2D eigenvalue weighted by atomic mass is 9.82. The molecule has 0 spiro atoms. The fourth-order valence-corrected chi connectivity index (χ4v) is 3.84. The number of methoxy groups -OCH3 is 1. The molecule has 2 aromatic rings. The minimum atomic E-state index is -0.763. The quantitative estimate of drug-likeness (QED) is 0.703. The number of benzene rings is 2. The van der Waals surface area contributed by atoms with Crippen molar-refractivity contribution in [2.24, 2.45) is 0 Å². The van der Waals surface area contributed by atoms with E-state index in [0.29, 0.717) is 17.9 Å². The van der Waals surface area contributed by atoms with Gasteiger partial charge in [-0.1, -0.05) is 61.8 Å². The topological polar surface area (TPSA) is 67.4 Å². The van der Waals surface area contributed by atoms with Crippen molar-refractivity contribution in [1.29, 1.82) is 0 Å². The predicted molar refractivity (Wildman–Crippen MR) is 121 cm³/mol. The number of esters is 1. The largest absolute Gasteiger partial charge is 0.467 e. The fraction of sp³-hybridized carbons (Fsp3) is 0.417. The molecule has 0 fully saturated rings. The van der Waals surface area contributed by atoms with Gasteiger partial charge in [0.2, 0.25) is 5.91 Å². The Bertz CT molecular complexity index is 865. The molecule has 3 rings (SSSR count). The van der Waals surface area contributed by atoms with Gasteiger partial charge in [0.1, 0.15) is 6.04 Å². The highest BCUT2D eigenvalue weighted by Crippen LogP contribution is 2.30. The van der Waals surface area contributed by atoms with Crippen molar-refractivity contribution in [1.82, 2.24) is 10.6 Å². The first-order chi connectivity index (χ1) is 14.3. The zero-order valence-electron chi connectivity index (χ0n) is 18.3. The standard InChI is InChI=1S/C22H25ClN2O3.C2H6/c1-22(2)17-7-5-4-6-15(17)13-18(25-22)20(26)24-19(21(27)28-3)12-14-8-10-16(23)11-9-14;1-2/h4-11,18-19,25H,12-13H2,1-3H3,(H,24,26);1-2H3. The number of amides is 1. The number of ether oxygens (including phenoxy) is 1. The van der Waals surface area contributed by atoms with Gasteiger partial charge in [-0.25, -0.2) is 4.79 Å². The molecule has 6 heteroatoms. The highest BCUT2D eigenvalue weighted by atomic mass is 35.5. The predicted octanol–water partition coefficient (Wildman–Crippen LogP) is 4.02. The molecule has 2 atom stereocenters. The molecule has 5 nitrogen and oxygen atoms in total. The van der Waals surface area contributed by atoms with E-state index in [-0.39, 0.29) is 11.4 Å². The van der Waals surface area contributed by atoms with Crippen LogP contribution in [0, 0.1) is 0 Å². The number of rotatable bonds is 5. The summed E-state index contributed by atoms with van der Waals surface area (Å²) in [6, 6.07) is 14.1. The average Bonchev–Trinajstić information content (AvgIpc) is 2.75. The Kier molecular flexibility index (Phi) is 8.44. The van der Waals surface area contributed by atoms with Crippen LogP contribution in [0.15, 0.2) is 48.5 Å². The molecule has 0 aromatic heterocycles. The van der Waals surface area contributed by atoms with E-state index in [1.54, 1.807) is 12.1 Å². The van der Waals surface area contributed by atoms with Gasteiger partial charge in [0, 0.05) is 17.0 Å². The van der Waals surface area contributed by atoms with Gasteiger partial charge in [-0.05, 0) is 49.1 Å². The Morgan fingerprint density at radius 2 is 1.80 bits per heavy atom. The second kappa shape index (κ2) is 10.6. The smallest absolute Gasteiger partial charge is 0.328 e. The number of carbonyl (C=O) groups is 2. The van der Waals surface area contributed by atoms with Crippen LogP contribution in [0.2, 0.25) is 5.02 Å². The molecule has 2 N–H and O–H groups in total. The van der Waals surface area contributed by atoms with Crippen molar-refractivity contribution < 1.29 is 14.3 Å². The molecular weight excluding hydrogens is 400 g/mol. The molecule has 1 amide bonds. The Morgan fingerprint density at radius 1 is 1.17 bits per heavy atom. The lowest BCUT2D eigenvalue weighted by molar-refractivity contribution is -0.145. The summed E-state index contributed by atoms with van der Waals surface area (Å²) < 4.78 is 4.89. The molecule has 162 valence electrons. The number of hydrogen-bond donors (Lipinski definition) is 2. The van der Waals surface area contributed by atoms with Gasteiger partial charge >= 0.3 is 5.97 Å². The second-order valence-corrected chi connectivity index (χ2v) is 8.03. The number of fused-ring (bicyclic) bond motifs is 1. The van der Waals surface area contributed by atoms with Gasteiger partial charge in [-0.3, -0.25) is 10.1 Å². The summed E-state index contributed by atoms with van der Waals surface area (Å²) in [5, 5.41) is 6.88. The van der Waals surface area contributed by atoms with Crippen molar-refractivity contribution in [2.45, 2.75) is 58.2 Å². The monoisotopic (exact) mass is 430 g/mol. The molecule has 1 heterocycles. The molecule has 2 aromatic carbocycles.